The number of halogens is 2. The second-order valence-electron chi connectivity index (χ2n) is 5.37. The van der Waals surface area contributed by atoms with Crippen molar-refractivity contribution in [1.29, 1.82) is 0 Å². The molecule has 2 aromatic rings. The summed E-state index contributed by atoms with van der Waals surface area (Å²) in [5.74, 6) is -0.270. The zero-order valence-corrected chi connectivity index (χ0v) is 14.3. The summed E-state index contributed by atoms with van der Waals surface area (Å²) < 4.78 is 14.7. The Hall–Kier alpha value is -1.05. The Morgan fingerprint density at radius 2 is 2.19 bits per heavy atom. The van der Waals surface area contributed by atoms with Gasteiger partial charge in [-0.3, -0.25) is 0 Å². The van der Waals surface area contributed by atoms with Crippen molar-refractivity contribution in [2.45, 2.75) is 12.5 Å². The largest absolute Gasteiger partial charge is 0.345 e. The van der Waals surface area contributed by atoms with Crippen LogP contribution in [0.15, 0.2) is 22.7 Å². The first kappa shape index (κ1) is 14.9. The van der Waals surface area contributed by atoms with Crippen LogP contribution in [-0.2, 0) is 0 Å². The molecule has 1 atom stereocenters. The molecule has 7 heteroatoms. The lowest BCUT2D eigenvalue weighted by atomic mass is 10.2. The van der Waals surface area contributed by atoms with Crippen molar-refractivity contribution in [2.24, 2.45) is 0 Å². The highest BCUT2D eigenvalue weighted by Gasteiger charge is 2.26. The maximum atomic E-state index is 13.9. The van der Waals surface area contributed by atoms with Crippen molar-refractivity contribution in [3.8, 4) is 10.6 Å². The summed E-state index contributed by atoms with van der Waals surface area (Å²) >= 11 is 4.81. The van der Waals surface area contributed by atoms with Gasteiger partial charge in [-0.1, -0.05) is 27.3 Å². The van der Waals surface area contributed by atoms with Gasteiger partial charge in [0.05, 0.1) is 0 Å². The van der Waals surface area contributed by atoms with Crippen molar-refractivity contribution >= 4 is 32.4 Å². The number of anilines is 1. The number of hydrogen-bond acceptors (Lipinski definition) is 5. The van der Waals surface area contributed by atoms with Crippen molar-refractivity contribution in [1.82, 2.24) is 15.1 Å². The Bertz CT molecular complexity index is 646. The molecule has 1 aliphatic rings. The lowest BCUT2D eigenvalue weighted by Gasteiger charge is -2.19. The third-order valence-electron chi connectivity index (χ3n) is 3.74. The van der Waals surface area contributed by atoms with Gasteiger partial charge in [0.25, 0.3) is 0 Å². The fourth-order valence-electron chi connectivity index (χ4n) is 2.45. The molecule has 0 N–H and O–H groups in total. The molecule has 112 valence electrons. The Kier molecular flexibility index (Phi) is 4.24. The predicted octanol–water partition coefficient (Wildman–Crippen LogP) is 3.25. The van der Waals surface area contributed by atoms with E-state index in [4.69, 9.17) is 0 Å². The molecule has 0 radical (unpaired) electrons. The molecule has 0 bridgehead atoms. The molecule has 3 rings (SSSR count). The molecular formula is C14H16BrFN4S. The molecule has 0 spiro atoms. The van der Waals surface area contributed by atoms with E-state index in [0.29, 0.717) is 16.6 Å². The summed E-state index contributed by atoms with van der Waals surface area (Å²) in [4.78, 5) is 4.46. The maximum absolute atomic E-state index is 13.9. The van der Waals surface area contributed by atoms with Crippen LogP contribution < -0.4 is 4.90 Å². The lowest BCUT2D eigenvalue weighted by Crippen LogP contribution is -2.31. The SMILES string of the molecule is CN(C)C1CCN(c2nnc(-c3cc(Br)ccc3F)s2)C1. The standard InChI is InChI=1S/C14H16BrFN4S/c1-19(2)10-5-6-20(8-10)14-18-17-13(21-14)11-7-9(15)3-4-12(11)16/h3-4,7,10H,5-6,8H2,1-2H3. The van der Waals surface area contributed by atoms with E-state index in [0.717, 1.165) is 29.1 Å². The molecule has 0 saturated carbocycles. The second-order valence-corrected chi connectivity index (χ2v) is 7.24. The van der Waals surface area contributed by atoms with Crippen LogP contribution in [-0.4, -0.2) is 48.3 Å². The van der Waals surface area contributed by atoms with Crippen molar-refractivity contribution in [2.75, 3.05) is 32.1 Å². The first-order chi connectivity index (χ1) is 10.0. The number of rotatable bonds is 3. The minimum atomic E-state index is -0.270. The highest BCUT2D eigenvalue weighted by molar-refractivity contribution is 9.10. The summed E-state index contributed by atoms with van der Waals surface area (Å²) in [5, 5.41) is 9.88. The number of aromatic nitrogens is 2. The average molecular weight is 371 g/mol. The number of nitrogens with zero attached hydrogens (tertiary/aromatic N) is 4. The van der Waals surface area contributed by atoms with Crippen LogP contribution in [0.5, 0.6) is 0 Å². The summed E-state index contributed by atoms with van der Waals surface area (Å²) in [5.41, 5.74) is 0.497. The summed E-state index contributed by atoms with van der Waals surface area (Å²) in [6, 6.07) is 5.41. The van der Waals surface area contributed by atoms with Gasteiger partial charge in [-0.05, 0) is 38.7 Å². The van der Waals surface area contributed by atoms with Gasteiger partial charge in [-0.25, -0.2) is 4.39 Å². The summed E-state index contributed by atoms with van der Waals surface area (Å²) in [7, 11) is 4.19. The van der Waals surface area contributed by atoms with Gasteiger partial charge in [0.2, 0.25) is 5.13 Å². The Labute approximate surface area is 135 Å². The van der Waals surface area contributed by atoms with E-state index in [1.807, 2.05) is 0 Å². The van der Waals surface area contributed by atoms with Crippen LogP contribution in [0.2, 0.25) is 0 Å². The van der Waals surface area contributed by atoms with Gasteiger partial charge in [0.15, 0.2) is 5.01 Å². The van der Waals surface area contributed by atoms with E-state index in [1.54, 1.807) is 12.1 Å². The Morgan fingerprint density at radius 1 is 1.38 bits per heavy atom. The van der Waals surface area contributed by atoms with E-state index in [2.05, 4.69) is 50.0 Å². The van der Waals surface area contributed by atoms with Crippen LogP contribution in [0.25, 0.3) is 10.6 Å². The molecule has 1 aromatic carbocycles. The van der Waals surface area contributed by atoms with E-state index in [1.165, 1.54) is 17.4 Å². The summed E-state index contributed by atoms with van der Waals surface area (Å²) in [6.45, 7) is 1.92. The lowest BCUT2D eigenvalue weighted by molar-refractivity contribution is 0.315. The van der Waals surface area contributed by atoms with E-state index < -0.39 is 0 Å². The third kappa shape index (κ3) is 3.09. The predicted molar refractivity (Wildman–Crippen MR) is 87.3 cm³/mol. The monoisotopic (exact) mass is 370 g/mol. The molecular weight excluding hydrogens is 355 g/mol. The first-order valence-corrected chi connectivity index (χ1v) is 8.36. The third-order valence-corrected chi connectivity index (χ3v) is 5.25. The van der Waals surface area contributed by atoms with E-state index >= 15 is 0 Å². The molecule has 0 aliphatic carbocycles. The molecule has 1 unspecified atom stereocenters. The van der Waals surface area contributed by atoms with Gasteiger partial charge in [-0.2, -0.15) is 0 Å². The molecule has 21 heavy (non-hydrogen) atoms. The minimum Gasteiger partial charge on any atom is -0.345 e. The van der Waals surface area contributed by atoms with E-state index in [9.17, 15) is 4.39 Å². The molecule has 2 heterocycles. The zero-order chi connectivity index (χ0) is 15.0. The number of benzene rings is 1. The molecule has 1 fully saturated rings. The molecule has 1 saturated heterocycles. The average Bonchev–Trinajstić information content (AvgIpc) is 3.09. The highest BCUT2D eigenvalue weighted by Crippen LogP contribution is 2.33. The van der Waals surface area contributed by atoms with Gasteiger partial charge in [-0.15, -0.1) is 10.2 Å². The van der Waals surface area contributed by atoms with Crippen molar-refractivity contribution in [3.05, 3.63) is 28.5 Å². The first-order valence-electron chi connectivity index (χ1n) is 6.75. The highest BCUT2D eigenvalue weighted by atomic mass is 79.9. The second kappa shape index (κ2) is 5.98. The Balaban J connectivity index is 1.82. The number of likely N-dealkylation sites (N-methyl/N-ethyl adjacent to an activating group) is 1. The Morgan fingerprint density at radius 3 is 2.90 bits per heavy atom. The van der Waals surface area contributed by atoms with E-state index in [-0.39, 0.29) is 5.82 Å². The van der Waals surface area contributed by atoms with Gasteiger partial charge in [0, 0.05) is 29.2 Å². The van der Waals surface area contributed by atoms with Gasteiger partial charge >= 0.3 is 0 Å². The minimum absolute atomic E-state index is 0.270. The van der Waals surface area contributed by atoms with Crippen LogP contribution in [0.1, 0.15) is 6.42 Å². The van der Waals surface area contributed by atoms with Gasteiger partial charge in [0.1, 0.15) is 5.82 Å². The smallest absolute Gasteiger partial charge is 0.208 e. The van der Waals surface area contributed by atoms with Gasteiger partial charge < -0.3 is 9.80 Å². The topological polar surface area (TPSA) is 32.3 Å². The zero-order valence-electron chi connectivity index (χ0n) is 11.9. The normalized spacial score (nSPS) is 18.7. The maximum Gasteiger partial charge on any atom is 0.208 e. The van der Waals surface area contributed by atoms with Crippen LogP contribution in [0, 0.1) is 5.82 Å². The molecule has 4 nitrogen and oxygen atoms in total. The molecule has 0 amide bonds. The molecule has 1 aromatic heterocycles. The quantitative estimate of drug-likeness (QED) is 0.829. The summed E-state index contributed by atoms with van der Waals surface area (Å²) in [6.07, 6.45) is 1.12. The van der Waals surface area contributed by atoms with Crippen LogP contribution in [0.4, 0.5) is 9.52 Å². The number of hydrogen-bond donors (Lipinski definition) is 0. The molecule has 1 aliphatic heterocycles. The van der Waals surface area contributed by atoms with Crippen molar-refractivity contribution in [3.63, 3.8) is 0 Å². The van der Waals surface area contributed by atoms with Crippen LogP contribution >= 0.6 is 27.3 Å². The fourth-order valence-corrected chi connectivity index (χ4v) is 3.71. The van der Waals surface area contributed by atoms with Crippen molar-refractivity contribution < 1.29 is 4.39 Å². The van der Waals surface area contributed by atoms with Crippen LogP contribution in [0.3, 0.4) is 0 Å². The fraction of sp³-hybridized carbons (Fsp3) is 0.429.